The Labute approximate surface area is 75.3 Å². The molecule has 2 nitrogen and oxygen atoms in total. The highest BCUT2D eigenvalue weighted by atomic mass is 14.8. The number of hydrogen-bond acceptors (Lipinski definition) is 2. The van der Waals surface area contributed by atoms with Crippen molar-refractivity contribution in [2.24, 2.45) is 11.5 Å². The van der Waals surface area contributed by atoms with Crippen molar-refractivity contribution in [3.05, 3.63) is 24.3 Å². The predicted molar refractivity (Wildman–Crippen MR) is 54.8 cm³/mol. The second-order valence-corrected chi connectivity index (χ2v) is 3.65. The Bertz CT molecular complexity index is 153. The summed E-state index contributed by atoms with van der Waals surface area (Å²) >= 11 is 0. The maximum absolute atomic E-state index is 5.84. The minimum absolute atomic E-state index is 0.0131. The Morgan fingerprint density at radius 3 is 1.42 bits per heavy atom. The highest BCUT2D eigenvalue weighted by Crippen LogP contribution is 2.08. The van der Waals surface area contributed by atoms with E-state index in [9.17, 15) is 0 Å². The molecule has 0 fully saturated rings. The lowest BCUT2D eigenvalue weighted by atomic mass is 9.98. The summed E-state index contributed by atoms with van der Waals surface area (Å²) in [7, 11) is 0. The maximum Gasteiger partial charge on any atom is 0.0232 e. The van der Waals surface area contributed by atoms with E-state index in [2.05, 4.69) is 13.2 Å². The molecule has 0 aliphatic carbocycles. The third-order valence-corrected chi connectivity index (χ3v) is 1.72. The highest BCUT2D eigenvalue weighted by molar-refractivity contribution is 5.00. The van der Waals surface area contributed by atoms with Gasteiger partial charge in [0.15, 0.2) is 0 Å². The first-order chi connectivity index (χ1) is 5.43. The first-order valence-electron chi connectivity index (χ1n) is 4.23. The summed E-state index contributed by atoms with van der Waals surface area (Å²) in [6.07, 6.45) is 1.60. The number of nitrogens with two attached hydrogens (primary N) is 2. The predicted octanol–water partition coefficient (Wildman–Crippen LogP) is 1.57. The second kappa shape index (κ2) is 5.12. The van der Waals surface area contributed by atoms with Crippen molar-refractivity contribution in [2.75, 3.05) is 0 Å². The molecule has 0 aliphatic rings. The van der Waals surface area contributed by atoms with Crippen molar-refractivity contribution in [2.45, 2.75) is 38.8 Å². The molecule has 0 aliphatic heterocycles. The lowest BCUT2D eigenvalue weighted by Gasteiger charge is -2.19. The first kappa shape index (κ1) is 11.4. The zero-order valence-electron chi connectivity index (χ0n) is 8.14. The third kappa shape index (κ3) is 5.10. The van der Waals surface area contributed by atoms with E-state index in [1.807, 2.05) is 13.8 Å². The Balaban J connectivity index is 3.83. The van der Waals surface area contributed by atoms with Gasteiger partial charge >= 0.3 is 0 Å². The van der Waals surface area contributed by atoms with Crippen LogP contribution in [0.5, 0.6) is 0 Å². The second-order valence-electron chi connectivity index (χ2n) is 3.65. The molecule has 0 unspecified atom stereocenters. The van der Waals surface area contributed by atoms with Gasteiger partial charge in [-0.15, -0.1) is 13.2 Å². The van der Waals surface area contributed by atoms with Gasteiger partial charge in [0.2, 0.25) is 0 Å². The molecule has 0 saturated carbocycles. The summed E-state index contributed by atoms with van der Waals surface area (Å²) in [5, 5.41) is 0. The van der Waals surface area contributed by atoms with Crippen molar-refractivity contribution in [3.8, 4) is 0 Å². The van der Waals surface area contributed by atoms with Gasteiger partial charge in [0, 0.05) is 12.1 Å². The molecule has 0 aromatic heterocycles. The summed E-state index contributed by atoms with van der Waals surface area (Å²) in [5.74, 6) is 0. The van der Waals surface area contributed by atoms with Crippen LogP contribution in [0.3, 0.4) is 0 Å². The van der Waals surface area contributed by atoms with E-state index < -0.39 is 0 Å². The minimum Gasteiger partial charge on any atom is -0.326 e. The molecule has 0 saturated heterocycles. The SMILES string of the molecule is C=C(C)C[C@@H](N)[C@H](N)CC(=C)C. The molecular formula is C10H20N2. The monoisotopic (exact) mass is 168 g/mol. The molecule has 70 valence electrons. The molecule has 0 heterocycles. The summed E-state index contributed by atoms with van der Waals surface area (Å²) in [5.41, 5.74) is 13.8. The maximum atomic E-state index is 5.84. The molecule has 0 aromatic carbocycles. The molecule has 0 rings (SSSR count). The largest absolute Gasteiger partial charge is 0.326 e. The third-order valence-electron chi connectivity index (χ3n) is 1.72. The Hall–Kier alpha value is -0.600. The van der Waals surface area contributed by atoms with Gasteiger partial charge in [0.25, 0.3) is 0 Å². The van der Waals surface area contributed by atoms with Gasteiger partial charge in [-0.05, 0) is 26.7 Å². The highest BCUT2D eigenvalue weighted by Gasteiger charge is 2.12. The van der Waals surface area contributed by atoms with E-state index in [1.54, 1.807) is 0 Å². The molecule has 0 bridgehead atoms. The fraction of sp³-hybridized carbons (Fsp3) is 0.600. The van der Waals surface area contributed by atoms with E-state index in [0.29, 0.717) is 0 Å². The van der Waals surface area contributed by atoms with E-state index in [4.69, 9.17) is 11.5 Å². The zero-order valence-corrected chi connectivity index (χ0v) is 8.14. The van der Waals surface area contributed by atoms with Crippen molar-refractivity contribution in [1.29, 1.82) is 0 Å². The number of rotatable bonds is 5. The van der Waals surface area contributed by atoms with Crippen molar-refractivity contribution < 1.29 is 0 Å². The van der Waals surface area contributed by atoms with Crippen LogP contribution in [0, 0.1) is 0 Å². The lowest BCUT2D eigenvalue weighted by Crippen LogP contribution is -2.41. The van der Waals surface area contributed by atoms with Crippen molar-refractivity contribution in [3.63, 3.8) is 0 Å². The molecule has 0 amide bonds. The number of hydrogen-bond donors (Lipinski definition) is 2. The summed E-state index contributed by atoms with van der Waals surface area (Å²) < 4.78 is 0. The van der Waals surface area contributed by atoms with Gasteiger partial charge in [-0.25, -0.2) is 0 Å². The van der Waals surface area contributed by atoms with Gasteiger partial charge < -0.3 is 11.5 Å². The van der Waals surface area contributed by atoms with Gasteiger partial charge in [-0.3, -0.25) is 0 Å². The molecule has 2 heteroatoms. The van der Waals surface area contributed by atoms with Crippen LogP contribution < -0.4 is 11.5 Å². The smallest absolute Gasteiger partial charge is 0.0232 e. The molecule has 0 aromatic rings. The standard InChI is InChI=1S/C10H20N2/c1-7(2)5-9(11)10(12)6-8(3)4/h9-10H,1,3,5-6,11-12H2,2,4H3/t9-,10-/m1/s1. The first-order valence-corrected chi connectivity index (χ1v) is 4.23. The van der Waals surface area contributed by atoms with Crippen LogP contribution in [-0.2, 0) is 0 Å². The van der Waals surface area contributed by atoms with Crippen molar-refractivity contribution in [1.82, 2.24) is 0 Å². The Morgan fingerprint density at radius 2 is 1.25 bits per heavy atom. The van der Waals surface area contributed by atoms with E-state index in [0.717, 1.165) is 24.0 Å². The summed E-state index contributed by atoms with van der Waals surface area (Å²) in [6.45, 7) is 11.5. The van der Waals surface area contributed by atoms with Crippen LogP contribution in [0.4, 0.5) is 0 Å². The lowest BCUT2D eigenvalue weighted by molar-refractivity contribution is 0.517. The average molecular weight is 168 g/mol. The molecule has 2 atom stereocenters. The van der Waals surface area contributed by atoms with Crippen molar-refractivity contribution >= 4 is 0 Å². The molecule has 0 spiro atoms. The van der Waals surface area contributed by atoms with E-state index in [-0.39, 0.29) is 12.1 Å². The zero-order chi connectivity index (χ0) is 9.72. The fourth-order valence-corrected chi connectivity index (χ4v) is 1.11. The summed E-state index contributed by atoms with van der Waals surface area (Å²) in [6, 6.07) is 0.0263. The van der Waals surface area contributed by atoms with Crippen LogP contribution in [0.1, 0.15) is 26.7 Å². The normalized spacial score (nSPS) is 15.3. The average Bonchev–Trinajstić information content (AvgIpc) is 1.84. The van der Waals surface area contributed by atoms with Crippen LogP contribution in [0.15, 0.2) is 24.3 Å². The summed E-state index contributed by atoms with van der Waals surface area (Å²) in [4.78, 5) is 0. The van der Waals surface area contributed by atoms with E-state index in [1.165, 1.54) is 0 Å². The Morgan fingerprint density at radius 1 is 1.00 bits per heavy atom. The van der Waals surface area contributed by atoms with Gasteiger partial charge in [0.05, 0.1) is 0 Å². The quantitative estimate of drug-likeness (QED) is 0.612. The topological polar surface area (TPSA) is 52.0 Å². The molecular weight excluding hydrogens is 148 g/mol. The Kier molecular flexibility index (Phi) is 4.86. The minimum atomic E-state index is 0.0131. The molecule has 4 N–H and O–H groups in total. The molecule has 0 radical (unpaired) electrons. The van der Waals surface area contributed by atoms with E-state index >= 15 is 0 Å². The van der Waals surface area contributed by atoms with Gasteiger partial charge in [0.1, 0.15) is 0 Å². The van der Waals surface area contributed by atoms with Crippen LogP contribution in [0.2, 0.25) is 0 Å². The van der Waals surface area contributed by atoms with Crippen LogP contribution >= 0.6 is 0 Å². The van der Waals surface area contributed by atoms with Gasteiger partial charge in [-0.1, -0.05) is 11.1 Å². The molecule has 12 heavy (non-hydrogen) atoms. The fourth-order valence-electron chi connectivity index (χ4n) is 1.11. The van der Waals surface area contributed by atoms with Crippen LogP contribution in [0.25, 0.3) is 0 Å². The van der Waals surface area contributed by atoms with Gasteiger partial charge in [-0.2, -0.15) is 0 Å². The van der Waals surface area contributed by atoms with Crippen LogP contribution in [-0.4, -0.2) is 12.1 Å².